The molecule has 0 saturated carbocycles. The zero-order chi connectivity index (χ0) is 16.9. The molecule has 1 atom stereocenters. The van der Waals surface area contributed by atoms with Crippen LogP contribution in [-0.4, -0.2) is 54.7 Å². The molecule has 24 heavy (non-hydrogen) atoms. The van der Waals surface area contributed by atoms with E-state index in [9.17, 15) is 4.79 Å². The molecule has 128 valence electrons. The van der Waals surface area contributed by atoms with Crippen LogP contribution in [-0.2, 0) is 11.2 Å². The van der Waals surface area contributed by atoms with Crippen molar-refractivity contribution in [2.24, 2.45) is 0 Å². The van der Waals surface area contributed by atoms with E-state index in [4.69, 9.17) is 9.26 Å². The molecule has 1 aromatic carbocycles. The van der Waals surface area contributed by atoms with Gasteiger partial charge in [-0.1, -0.05) is 30.3 Å². The fourth-order valence-corrected chi connectivity index (χ4v) is 3.03. The lowest BCUT2D eigenvalue weighted by Gasteiger charge is -2.39. The summed E-state index contributed by atoms with van der Waals surface area (Å²) < 4.78 is 10.1. The third-order valence-electron chi connectivity index (χ3n) is 4.52. The lowest BCUT2D eigenvalue weighted by molar-refractivity contribution is -0.134. The number of aryl methyl sites for hydroxylation is 1. The van der Waals surface area contributed by atoms with Gasteiger partial charge in [0.1, 0.15) is 5.76 Å². The highest BCUT2D eigenvalue weighted by Crippen LogP contribution is 2.24. The number of hydrogen-bond acceptors (Lipinski definition) is 5. The van der Waals surface area contributed by atoms with Gasteiger partial charge in [-0.15, -0.1) is 0 Å². The van der Waals surface area contributed by atoms with Gasteiger partial charge in [0.2, 0.25) is 5.91 Å². The number of aromatic nitrogens is 1. The summed E-state index contributed by atoms with van der Waals surface area (Å²) in [5.74, 6) is 1.27. The van der Waals surface area contributed by atoms with Crippen LogP contribution in [0.15, 0.2) is 40.9 Å². The Balaban J connectivity index is 1.58. The summed E-state index contributed by atoms with van der Waals surface area (Å²) in [6.45, 7) is 2.36. The lowest BCUT2D eigenvalue weighted by Crippen LogP contribution is -2.49. The number of carbonyl (C=O) groups excluding carboxylic acids is 1. The fraction of sp³-hybridized carbons (Fsp3) is 0.444. The van der Waals surface area contributed by atoms with Gasteiger partial charge in [-0.05, 0) is 17.8 Å². The monoisotopic (exact) mass is 329 g/mol. The van der Waals surface area contributed by atoms with Gasteiger partial charge in [0, 0.05) is 38.5 Å². The van der Waals surface area contributed by atoms with Crippen molar-refractivity contribution >= 4 is 5.91 Å². The Bertz CT molecular complexity index is 671. The van der Waals surface area contributed by atoms with E-state index < -0.39 is 0 Å². The number of ether oxygens (including phenoxy) is 1. The summed E-state index contributed by atoms with van der Waals surface area (Å²) in [4.78, 5) is 16.8. The molecule has 0 bridgehead atoms. The average molecular weight is 329 g/mol. The Morgan fingerprint density at radius 3 is 2.83 bits per heavy atom. The second kappa shape index (κ2) is 7.49. The summed E-state index contributed by atoms with van der Waals surface area (Å²) in [6.07, 6.45) is 0.959. The standard InChI is InChI=1S/C18H23N3O3/c1-20-10-11-21(13-16(20)14-6-4-3-5-7-14)18(22)9-8-15-12-17(23-2)19-24-15/h3-7,12,16H,8-11,13H2,1-2H3/t16-/m0/s1. The smallest absolute Gasteiger partial charge is 0.254 e. The number of likely N-dealkylation sites (N-methyl/N-ethyl adjacent to an activating group) is 1. The van der Waals surface area contributed by atoms with E-state index in [0.29, 0.717) is 24.5 Å². The molecule has 0 spiro atoms. The molecule has 3 rings (SSSR count). The van der Waals surface area contributed by atoms with E-state index >= 15 is 0 Å². The minimum Gasteiger partial charge on any atom is -0.479 e. The van der Waals surface area contributed by atoms with Crippen LogP contribution < -0.4 is 4.74 Å². The number of hydrogen-bond donors (Lipinski definition) is 0. The van der Waals surface area contributed by atoms with Crippen LogP contribution in [0.1, 0.15) is 23.8 Å². The first-order chi connectivity index (χ1) is 11.7. The number of piperazine rings is 1. The third kappa shape index (κ3) is 3.76. The molecule has 0 aliphatic carbocycles. The topological polar surface area (TPSA) is 58.8 Å². The summed E-state index contributed by atoms with van der Waals surface area (Å²) >= 11 is 0. The summed E-state index contributed by atoms with van der Waals surface area (Å²) in [5, 5.41) is 3.76. The first kappa shape index (κ1) is 16.5. The molecule has 1 aromatic heterocycles. The maximum atomic E-state index is 12.5. The Labute approximate surface area is 142 Å². The van der Waals surface area contributed by atoms with Gasteiger partial charge in [0.05, 0.1) is 13.2 Å². The second-order valence-corrected chi connectivity index (χ2v) is 6.08. The molecule has 2 heterocycles. The number of methoxy groups -OCH3 is 1. The summed E-state index contributed by atoms with van der Waals surface area (Å²) in [5.41, 5.74) is 1.25. The predicted octanol–water partition coefficient (Wildman–Crippen LogP) is 2.13. The number of amides is 1. The van der Waals surface area contributed by atoms with Crippen molar-refractivity contribution < 1.29 is 14.1 Å². The van der Waals surface area contributed by atoms with E-state index in [-0.39, 0.29) is 11.9 Å². The van der Waals surface area contributed by atoms with Crippen LogP contribution in [0.3, 0.4) is 0 Å². The number of benzene rings is 1. The second-order valence-electron chi connectivity index (χ2n) is 6.08. The Morgan fingerprint density at radius 2 is 2.12 bits per heavy atom. The van der Waals surface area contributed by atoms with Gasteiger partial charge in [-0.3, -0.25) is 9.69 Å². The molecular formula is C18H23N3O3. The van der Waals surface area contributed by atoms with E-state index in [1.54, 1.807) is 13.2 Å². The molecule has 1 aliphatic heterocycles. The van der Waals surface area contributed by atoms with Gasteiger partial charge in [0.25, 0.3) is 5.88 Å². The van der Waals surface area contributed by atoms with Crippen LogP contribution >= 0.6 is 0 Å². The average Bonchev–Trinajstić information content (AvgIpc) is 3.09. The summed E-state index contributed by atoms with van der Waals surface area (Å²) in [7, 11) is 3.65. The highest BCUT2D eigenvalue weighted by Gasteiger charge is 2.28. The molecular weight excluding hydrogens is 306 g/mol. The molecule has 6 heteroatoms. The van der Waals surface area contributed by atoms with Crippen molar-refractivity contribution in [1.82, 2.24) is 15.0 Å². The molecule has 6 nitrogen and oxygen atoms in total. The molecule has 1 aliphatic rings. The van der Waals surface area contributed by atoms with E-state index in [1.807, 2.05) is 23.1 Å². The van der Waals surface area contributed by atoms with Gasteiger partial charge in [-0.25, -0.2) is 0 Å². The minimum absolute atomic E-state index is 0.152. The van der Waals surface area contributed by atoms with Gasteiger partial charge >= 0.3 is 0 Å². The van der Waals surface area contributed by atoms with Crippen molar-refractivity contribution in [3.63, 3.8) is 0 Å². The van der Waals surface area contributed by atoms with Crippen molar-refractivity contribution in [2.45, 2.75) is 18.9 Å². The zero-order valence-electron chi connectivity index (χ0n) is 14.1. The van der Waals surface area contributed by atoms with Crippen molar-refractivity contribution in [2.75, 3.05) is 33.8 Å². The fourth-order valence-electron chi connectivity index (χ4n) is 3.03. The Hall–Kier alpha value is -2.34. The van der Waals surface area contributed by atoms with Gasteiger partial charge in [0.15, 0.2) is 0 Å². The first-order valence-corrected chi connectivity index (χ1v) is 8.20. The van der Waals surface area contributed by atoms with Crippen LogP contribution in [0.4, 0.5) is 0 Å². The molecule has 1 amide bonds. The number of rotatable bonds is 5. The van der Waals surface area contributed by atoms with E-state index in [0.717, 1.165) is 19.6 Å². The number of carbonyl (C=O) groups is 1. The zero-order valence-corrected chi connectivity index (χ0v) is 14.1. The third-order valence-corrected chi connectivity index (χ3v) is 4.52. The molecule has 1 fully saturated rings. The van der Waals surface area contributed by atoms with Crippen LogP contribution in [0.5, 0.6) is 5.88 Å². The highest BCUT2D eigenvalue weighted by atomic mass is 16.5. The van der Waals surface area contributed by atoms with Crippen molar-refractivity contribution in [3.05, 3.63) is 47.7 Å². The SMILES string of the molecule is COc1cc(CCC(=O)N2CCN(C)[C@H](c3ccccc3)C2)on1. The lowest BCUT2D eigenvalue weighted by atomic mass is 10.0. The molecule has 0 unspecified atom stereocenters. The predicted molar refractivity (Wildman–Crippen MR) is 89.8 cm³/mol. The van der Waals surface area contributed by atoms with Gasteiger partial charge < -0.3 is 14.2 Å². The van der Waals surface area contributed by atoms with Crippen LogP contribution in [0, 0.1) is 0 Å². The Morgan fingerprint density at radius 1 is 1.33 bits per heavy atom. The van der Waals surface area contributed by atoms with E-state index in [1.165, 1.54) is 5.56 Å². The van der Waals surface area contributed by atoms with Crippen molar-refractivity contribution in [1.29, 1.82) is 0 Å². The maximum Gasteiger partial charge on any atom is 0.254 e. The molecule has 1 saturated heterocycles. The van der Waals surface area contributed by atoms with Gasteiger partial charge in [-0.2, -0.15) is 0 Å². The molecule has 2 aromatic rings. The first-order valence-electron chi connectivity index (χ1n) is 8.20. The largest absolute Gasteiger partial charge is 0.479 e. The van der Waals surface area contributed by atoms with Crippen LogP contribution in [0.2, 0.25) is 0 Å². The normalized spacial score (nSPS) is 18.6. The Kier molecular flexibility index (Phi) is 5.15. The van der Waals surface area contributed by atoms with E-state index in [2.05, 4.69) is 29.2 Å². The summed E-state index contributed by atoms with van der Waals surface area (Å²) in [6, 6.07) is 12.3. The molecule has 0 radical (unpaired) electrons. The number of nitrogens with zero attached hydrogens (tertiary/aromatic N) is 3. The molecule has 0 N–H and O–H groups in total. The maximum absolute atomic E-state index is 12.5. The minimum atomic E-state index is 0.152. The van der Waals surface area contributed by atoms with Crippen LogP contribution in [0.25, 0.3) is 0 Å². The quantitative estimate of drug-likeness (QED) is 0.841. The van der Waals surface area contributed by atoms with Crippen molar-refractivity contribution in [3.8, 4) is 5.88 Å². The highest BCUT2D eigenvalue weighted by molar-refractivity contribution is 5.76.